The molecule has 1 saturated heterocycles. The van der Waals surface area contributed by atoms with Gasteiger partial charge in [0.25, 0.3) is 0 Å². The SMILES string of the molecule is COc1ccc2ncc(CN)c(C(F)CCC3(C(=O)O)CCN(CCSc4ccccn4)CC3)c2c1. The van der Waals surface area contributed by atoms with Crippen molar-refractivity contribution in [2.45, 2.75) is 43.4 Å². The van der Waals surface area contributed by atoms with E-state index in [1.807, 2.05) is 18.2 Å². The van der Waals surface area contributed by atoms with Gasteiger partial charge < -0.3 is 20.5 Å². The number of pyridine rings is 2. The first-order valence-corrected chi connectivity index (χ1v) is 13.2. The summed E-state index contributed by atoms with van der Waals surface area (Å²) in [6.45, 7) is 2.41. The topological polar surface area (TPSA) is 102 Å². The van der Waals surface area contributed by atoms with Crippen LogP contribution in [0.4, 0.5) is 4.39 Å². The highest BCUT2D eigenvalue weighted by atomic mass is 32.2. The zero-order chi connectivity index (χ0) is 25.5. The van der Waals surface area contributed by atoms with Crippen LogP contribution in [-0.2, 0) is 11.3 Å². The first-order chi connectivity index (χ1) is 17.5. The molecule has 0 aliphatic carbocycles. The van der Waals surface area contributed by atoms with Crippen LogP contribution < -0.4 is 10.5 Å². The monoisotopic (exact) mass is 512 g/mol. The number of nitrogens with zero attached hydrogens (tertiary/aromatic N) is 3. The van der Waals surface area contributed by atoms with Crippen LogP contribution in [0.5, 0.6) is 5.75 Å². The highest BCUT2D eigenvalue weighted by Gasteiger charge is 2.41. The van der Waals surface area contributed by atoms with Gasteiger partial charge in [-0.2, -0.15) is 0 Å². The fraction of sp³-hybridized carbons (Fsp3) is 0.444. The quantitative estimate of drug-likeness (QED) is 0.352. The molecule has 1 aliphatic rings. The van der Waals surface area contributed by atoms with Gasteiger partial charge in [-0.15, -0.1) is 11.8 Å². The maximum Gasteiger partial charge on any atom is 0.309 e. The van der Waals surface area contributed by atoms with Crippen LogP contribution >= 0.6 is 11.8 Å². The Kier molecular flexibility index (Phi) is 8.77. The lowest BCUT2D eigenvalue weighted by atomic mass is 9.74. The van der Waals surface area contributed by atoms with Crippen LogP contribution in [0.2, 0.25) is 0 Å². The summed E-state index contributed by atoms with van der Waals surface area (Å²) < 4.78 is 21.1. The number of aliphatic carboxylic acids is 1. The number of rotatable bonds is 11. The van der Waals surface area contributed by atoms with Crippen LogP contribution in [0.3, 0.4) is 0 Å². The molecule has 0 radical (unpaired) electrons. The van der Waals surface area contributed by atoms with Crippen molar-refractivity contribution in [1.82, 2.24) is 14.9 Å². The predicted octanol–water partition coefficient (Wildman–Crippen LogP) is 4.85. The van der Waals surface area contributed by atoms with Gasteiger partial charge in [-0.25, -0.2) is 9.37 Å². The molecule has 1 aromatic carbocycles. The Bertz CT molecular complexity index is 1170. The first kappa shape index (κ1) is 26.3. The summed E-state index contributed by atoms with van der Waals surface area (Å²) in [5, 5.41) is 11.8. The van der Waals surface area contributed by atoms with E-state index >= 15 is 4.39 Å². The number of aromatic nitrogens is 2. The third kappa shape index (κ3) is 5.96. The summed E-state index contributed by atoms with van der Waals surface area (Å²) in [4.78, 5) is 23.4. The fourth-order valence-electron chi connectivity index (χ4n) is 4.93. The predicted molar refractivity (Wildman–Crippen MR) is 140 cm³/mol. The Morgan fingerprint density at radius 3 is 2.75 bits per heavy atom. The second kappa shape index (κ2) is 12.0. The Morgan fingerprint density at radius 1 is 1.28 bits per heavy atom. The van der Waals surface area contributed by atoms with Gasteiger partial charge in [0.05, 0.1) is 23.1 Å². The molecule has 1 fully saturated rings. The van der Waals surface area contributed by atoms with Crippen LogP contribution in [0.1, 0.15) is 43.0 Å². The van der Waals surface area contributed by atoms with E-state index in [0.717, 1.165) is 17.3 Å². The largest absolute Gasteiger partial charge is 0.497 e. The molecule has 0 saturated carbocycles. The van der Waals surface area contributed by atoms with Gasteiger partial charge in [0, 0.05) is 42.2 Å². The van der Waals surface area contributed by atoms with Gasteiger partial charge in [0.15, 0.2) is 0 Å². The van der Waals surface area contributed by atoms with E-state index in [9.17, 15) is 9.90 Å². The van der Waals surface area contributed by atoms with Gasteiger partial charge in [-0.05, 0) is 74.7 Å². The lowest BCUT2D eigenvalue weighted by Gasteiger charge is -2.39. The molecule has 1 aliphatic heterocycles. The van der Waals surface area contributed by atoms with E-state index in [1.54, 1.807) is 49.5 Å². The lowest BCUT2D eigenvalue weighted by Crippen LogP contribution is -2.45. The van der Waals surface area contributed by atoms with Crippen LogP contribution in [-0.4, -0.2) is 58.4 Å². The molecule has 0 spiro atoms. The minimum atomic E-state index is -1.34. The number of hydrogen-bond acceptors (Lipinski definition) is 7. The maximum atomic E-state index is 15.8. The molecule has 7 nitrogen and oxygen atoms in total. The van der Waals surface area contributed by atoms with Crippen LogP contribution in [0.25, 0.3) is 10.9 Å². The molecule has 192 valence electrons. The summed E-state index contributed by atoms with van der Waals surface area (Å²) in [5.74, 6) is 0.671. The van der Waals surface area contributed by atoms with Gasteiger partial charge in [-0.1, -0.05) is 6.07 Å². The molecule has 3 aromatic rings. The number of fused-ring (bicyclic) bond motifs is 1. The number of piperidine rings is 1. The third-order valence-electron chi connectivity index (χ3n) is 7.17. The number of benzene rings is 1. The van der Waals surface area contributed by atoms with Gasteiger partial charge in [0.2, 0.25) is 0 Å². The zero-order valence-corrected chi connectivity index (χ0v) is 21.3. The van der Waals surface area contributed by atoms with E-state index in [2.05, 4.69) is 14.9 Å². The van der Waals surface area contributed by atoms with Crippen molar-refractivity contribution in [3.05, 3.63) is 59.9 Å². The Labute approximate surface area is 215 Å². The Morgan fingerprint density at radius 2 is 2.08 bits per heavy atom. The van der Waals surface area contributed by atoms with E-state index < -0.39 is 17.6 Å². The first-order valence-electron chi connectivity index (χ1n) is 12.2. The minimum Gasteiger partial charge on any atom is -0.497 e. The normalized spacial score (nSPS) is 16.6. The number of nitrogens with two attached hydrogens (primary N) is 1. The van der Waals surface area contributed by atoms with Crippen molar-refractivity contribution in [3.8, 4) is 5.75 Å². The smallest absolute Gasteiger partial charge is 0.309 e. The van der Waals surface area contributed by atoms with Crippen molar-refractivity contribution in [2.75, 3.05) is 32.5 Å². The number of carboxylic acids is 1. The van der Waals surface area contributed by atoms with Crippen LogP contribution in [0.15, 0.2) is 53.8 Å². The zero-order valence-electron chi connectivity index (χ0n) is 20.5. The number of halogens is 1. The van der Waals surface area contributed by atoms with E-state index in [1.165, 1.54) is 0 Å². The Hall–Kier alpha value is -2.75. The molecule has 3 heterocycles. The summed E-state index contributed by atoms with van der Waals surface area (Å²) in [5.41, 5.74) is 6.78. The van der Waals surface area contributed by atoms with Crippen molar-refractivity contribution >= 4 is 28.6 Å². The van der Waals surface area contributed by atoms with Crippen molar-refractivity contribution in [3.63, 3.8) is 0 Å². The highest BCUT2D eigenvalue weighted by molar-refractivity contribution is 7.99. The standard InChI is InChI=1S/C27H33FN4O3S/c1-35-20-5-6-23-21(16-20)25(19(17-29)18-31-23)22(28)7-8-27(26(33)34)9-12-32(13-10-27)14-15-36-24-4-2-3-11-30-24/h2-6,11,16,18,22H,7-10,12-15,17,29H2,1H3,(H,33,34). The molecule has 1 atom stereocenters. The lowest BCUT2D eigenvalue weighted by molar-refractivity contribution is -0.153. The molecular weight excluding hydrogens is 479 g/mol. The van der Waals surface area contributed by atoms with Crippen LogP contribution in [0, 0.1) is 5.41 Å². The average molecular weight is 513 g/mol. The number of carboxylic acid groups (broad SMARTS) is 1. The molecule has 4 rings (SSSR count). The fourth-order valence-corrected chi connectivity index (χ4v) is 5.80. The minimum absolute atomic E-state index is 0.116. The number of thioether (sulfide) groups is 1. The summed E-state index contributed by atoms with van der Waals surface area (Å²) in [7, 11) is 1.56. The molecule has 0 amide bonds. The number of ether oxygens (including phenoxy) is 1. The molecule has 3 N–H and O–H groups in total. The summed E-state index contributed by atoms with van der Waals surface area (Å²) in [6.07, 6.45) is 3.47. The van der Waals surface area contributed by atoms with Gasteiger partial charge in [-0.3, -0.25) is 9.78 Å². The highest BCUT2D eigenvalue weighted by Crippen LogP contribution is 2.41. The van der Waals surface area contributed by atoms with Crippen molar-refractivity contribution < 1.29 is 19.0 Å². The number of likely N-dealkylation sites (tertiary alicyclic amines) is 1. The van der Waals surface area contributed by atoms with Gasteiger partial charge >= 0.3 is 5.97 Å². The average Bonchev–Trinajstić information content (AvgIpc) is 2.92. The van der Waals surface area contributed by atoms with Crippen molar-refractivity contribution in [2.24, 2.45) is 11.1 Å². The third-order valence-corrected chi connectivity index (χ3v) is 8.09. The van der Waals surface area contributed by atoms with E-state index in [-0.39, 0.29) is 19.4 Å². The van der Waals surface area contributed by atoms with Gasteiger partial charge in [0.1, 0.15) is 11.9 Å². The number of carbonyl (C=O) groups is 1. The van der Waals surface area contributed by atoms with Crippen molar-refractivity contribution in [1.29, 1.82) is 0 Å². The second-order valence-corrected chi connectivity index (χ2v) is 10.3. The van der Waals surface area contributed by atoms with E-state index in [0.29, 0.717) is 53.7 Å². The molecule has 2 aromatic heterocycles. The molecule has 1 unspecified atom stereocenters. The molecule has 0 bridgehead atoms. The van der Waals surface area contributed by atoms with E-state index in [4.69, 9.17) is 10.5 Å². The number of hydrogen-bond donors (Lipinski definition) is 2. The maximum absolute atomic E-state index is 15.8. The molecular formula is C27H33FN4O3S. The molecule has 36 heavy (non-hydrogen) atoms. The summed E-state index contributed by atoms with van der Waals surface area (Å²) in [6, 6.07) is 11.2. The number of alkyl halides is 1. The summed E-state index contributed by atoms with van der Waals surface area (Å²) >= 11 is 1.70. The Balaban J connectivity index is 1.40. The molecule has 9 heteroatoms. The number of methoxy groups -OCH3 is 1. The second-order valence-electron chi connectivity index (χ2n) is 9.23.